The van der Waals surface area contributed by atoms with Crippen LogP contribution in [0.2, 0.25) is 5.02 Å². The van der Waals surface area contributed by atoms with Crippen molar-refractivity contribution in [3.8, 4) is 11.5 Å². The Morgan fingerprint density at radius 2 is 2.05 bits per heavy atom. The van der Waals surface area contributed by atoms with Gasteiger partial charge in [-0.15, -0.1) is 0 Å². The lowest BCUT2D eigenvalue weighted by Crippen LogP contribution is -2.30. The van der Waals surface area contributed by atoms with Crippen molar-refractivity contribution in [1.29, 1.82) is 0 Å². The van der Waals surface area contributed by atoms with E-state index in [2.05, 4.69) is 0 Å². The number of primary amides is 1. The van der Waals surface area contributed by atoms with Gasteiger partial charge in [0.2, 0.25) is 0 Å². The summed E-state index contributed by atoms with van der Waals surface area (Å²) >= 11 is 6.03. The van der Waals surface area contributed by atoms with Crippen LogP contribution in [-0.2, 0) is 9.53 Å². The van der Waals surface area contributed by atoms with Gasteiger partial charge in [-0.3, -0.25) is 4.79 Å². The normalized spacial score (nSPS) is 11.6. The first-order valence-electron chi connectivity index (χ1n) is 5.91. The third-order valence-electron chi connectivity index (χ3n) is 2.44. The molecule has 1 rings (SSSR count). The number of hydrogen-bond donors (Lipinski definition) is 1. The van der Waals surface area contributed by atoms with Crippen molar-refractivity contribution in [3.05, 3.63) is 22.7 Å². The van der Waals surface area contributed by atoms with Crippen LogP contribution in [0.15, 0.2) is 12.1 Å². The van der Waals surface area contributed by atoms with Gasteiger partial charge >= 0.3 is 5.97 Å². The van der Waals surface area contributed by atoms with Crippen molar-refractivity contribution in [2.75, 3.05) is 13.7 Å². The smallest absolute Gasteiger partial charge is 0.339 e. The van der Waals surface area contributed by atoms with E-state index < -0.39 is 18.0 Å². The molecule has 0 spiro atoms. The van der Waals surface area contributed by atoms with E-state index in [4.69, 9.17) is 31.5 Å². The van der Waals surface area contributed by atoms with Gasteiger partial charge in [0.1, 0.15) is 0 Å². The van der Waals surface area contributed by atoms with E-state index >= 15 is 0 Å². The third kappa shape index (κ3) is 3.77. The summed E-state index contributed by atoms with van der Waals surface area (Å²) in [5, 5.41) is 0.213. The number of hydrogen-bond acceptors (Lipinski definition) is 5. The van der Waals surface area contributed by atoms with Crippen LogP contribution in [0, 0.1) is 0 Å². The Morgan fingerprint density at radius 1 is 1.40 bits per heavy atom. The van der Waals surface area contributed by atoms with Gasteiger partial charge in [-0.05, 0) is 26.0 Å². The third-order valence-corrected chi connectivity index (χ3v) is 2.72. The summed E-state index contributed by atoms with van der Waals surface area (Å²) in [4.78, 5) is 22.7. The molecule has 1 aromatic rings. The lowest BCUT2D eigenvalue weighted by molar-refractivity contribution is -0.125. The van der Waals surface area contributed by atoms with Gasteiger partial charge in [0.15, 0.2) is 17.6 Å². The Morgan fingerprint density at radius 3 is 2.55 bits per heavy atom. The van der Waals surface area contributed by atoms with E-state index in [1.54, 1.807) is 6.92 Å². The van der Waals surface area contributed by atoms with Gasteiger partial charge in [-0.1, -0.05) is 11.6 Å². The number of amides is 1. The zero-order valence-electron chi connectivity index (χ0n) is 11.4. The fourth-order valence-corrected chi connectivity index (χ4v) is 1.67. The maximum Gasteiger partial charge on any atom is 0.339 e. The van der Waals surface area contributed by atoms with Crippen LogP contribution in [-0.4, -0.2) is 31.7 Å². The molecule has 0 fully saturated rings. The molecular formula is C13H16ClNO5. The fraction of sp³-hybridized carbons (Fsp3) is 0.385. The van der Waals surface area contributed by atoms with Crippen LogP contribution < -0.4 is 15.2 Å². The first-order valence-corrected chi connectivity index (χ1v) is 6.29. The summed E-state index contributed by atoms with van der Waals surface area (Å²) in [5.41, 5.74) is 5.17. The van der Waals surface area contributed by atoms with E-state index in [0.717, 1.165) is 0 Å². The monoisotopic (exact) mass is 301 g/mol. The Balaban J connectivity index is 3.05. The molecule has 7 heteroatoms. The molecule has 1 amide bonds. The predicted octanol–water partition coefficient (Wildman–Crippen LogP) is 1.78. The van der Waals surface area contributed by atoms with E-state index in [1.807, 2.05) is 0 Å². The number of rotatable bonds is 6. The van der Waals surface area contributed by atoms with Gasteiger partial charge in [0, 0.05) is 0 Å². The summed E-state index contributed by atoms with van der Waals surface area (Å²) in [7, 11) is 1.43. The number of benzene rings is 1. The standard InChI is InChI=1S/C13H16ClNO5/c1-4-19-11-9(14)5-8(6-10(11)18-3)13(17)20-7(2)12(15)16/h5-7H,4H2,1-3H3,(H2,15,16)/t7-/m0/s1. The number of halogens is 1. The number of methoxy groups -OCH3 is 1. The molecule has 6 nitrogen and oxygen atoms in total. The topological polar surface area (TPSA) is 87.9 Å². The fourth-order valence-electron chi connectivity index (χ4n) is 1.41. The van der Waals surface area contributed by atoms with Crippen molar-refractivity contribution in [2.24, 2.45) is 5.73 Å². The molecule has 0 aliphatic heterocycles. The Bertz CT molecular complexity index is 518. The lowest BCUT2D eigenvalue weighted by atomic mass is 10.2. The van der Waals surface area contributed by atoms with Crippen LogP contribution in [0.25, 0.3) is 0 Å². The summed E-state index contributed by atoms with van der Waals surface area (Å²) in [5.74, 6) is -0.809. The zero-order chi connectivity index (χ0) is 15.3. The SMILES string of the molecule is CCOc1c(Cl)cc(C(=O)O[C@@H](C)C(N)=O)cc1OC. The van der Waals surface area contributed by atoms with Crippen molar-refractivity contribution in [2.45, 2.75) is 20.0 Å². The molecule has 0 unspecified atom stereocenters. The molecule has 0 saturated carbocycles. The molecule has 0 heterocycles. The van der Waals surface area contributed by atoms with Crippen LogP contribution in [0.3, 0.4) is 0 Å². The Labute approximate surface area is 121 Å². The van der Waals surface area contributed by atoms with Crippen molar-refractivity contribution >= 4 is 23.5 Å². The number of carbonyl (C=O) groups excluding carboxylic acids is 2. The van der Waals surface area contributed by atoms with Gasteiger partial charge in [0.05, 0.1) is 24.3 Å². The Hall–Kier alpha value is -1.95. The van der Waals surface area contributed by atoms with Crippen molar-refractivity contribution in [1.82, 2.24) is 0 Å². The second-order valence-electron chi connectivity index (χ2n) is 3.87. The minimum absolute atomic E-state index is 0.142. The van der Waals surface area contributed by atoms with Crippen LogP contribution in [0.1, 0.15) is 24.2 Å². The first kappa shape index (κ1) is 16.1. The molecule has 1 aromatic carbocycles. The summed E-state index contributed by atoms with van der Waals surface area (Å²) in [6, 6.07) is 2.80. The van der Waals surface area contributed by atoms with Gasteiger partial charge in [-0.2, -0.15) is 0 Å². The highest BCUT2D eigenvalue weighted by Crippen LogP contribution is 2.36. The van der Waals surface area contributed by atoms with E-state index in [9.17, 15) is 9.59 Å². The van der Waals surface area contributed by atoms with Crippen LogP contribution in [0.4, 0.5) is 0 Å². The second kappa shape index (κ2) is 7.00. The van der Waals surface area contributed by atoms with E-state index in [-0.39, 0.29) is 10.6 Å². The zero-order valence-corrected chi connectivity index (χ0v) is 12.2. The molecule has 20 heavy (non-hydrogen) atoms. The molecular weight excluding hydrogens is 286 g/mol. The second-order valence-corrected chi connectivity index (χ2v) is 4.28. The predicted molar refractivity (Wildman–Crippen MR) is 73.2 cm³/mol. The molecule has 0 radical (unpaired) electrons. The van der Waals surface area contributed by atoms with Gasteiger partial charge in [-0.25, -0.2) is 4.79 Å². The minimum Gasteiger partial charge on any atom is -0.493 e. The highest BCUT2D eigenvalue weighted by Gasteiger charge is 2.20. The molecule has 0 aliphatic rings. The average molecular weight is 302 g/mol. The number of nitrogens with two attached hydrogens (primary N) is 1. The van der Waals surface area contributed by atoms with E-state index in [0.29, 0.717) is 18.1 Å². The van der Waals surface area contributed by atoms with Crippen molar-refractivity contribution < 1.29 is 23.8 Å². The molecule has 0 aromatic heterocycles. The van der Waals surface area contributed by atoms with Gasteiger partial charge < -0.3 is 19.9 Å². The Kier molecular flexibility index (Phi) is 5.64. The van der Waals surface area contributed by atoms with E-state index in [1.165, 1.54) is 26.2 Å². The highest BCUT2D eigenvalue weighted by molar-refractivity contribution is 6.32. The maximum absolute atomic E-state index is 11.9. The van der Waals surface area contributed by atoms with Crippen molar-refractivity contribution in [3.63, 3.8) is 0 Å². The molecule has 0 saturated heterocycles. The van der Waals surface area contributed by atoms with Crippen LogP contribution in [0.5, 0.6) is 11.5 Å². The lowest BCUT2D eigenvalue weighted by Gasteiger charge is -2.14. The molecule has 0 aliphatic carbocycles. The minimum atomic E-state index is -1.03. The largest absolute Gasteiger partial charge is 0.493 e. The quantitative estimate of drug-likeness (QED) is 0.809. The molecule has 1 atom stereocenters. The highest BCUT2D eigenvalue weighted by atomic mass is 35.5. The molecule has 2 N–H and O–H groups in total. The summed E-state index contributed by atoms with van der Waals surface area (Å²) in [6.45, 7) is 3.58. The molecule has 110 valence electrons. The number of carbonyl (C=O) groups is 2. The van der Waals surface area contributed by atoms with Gasteiger partial charge in [0.25, 0.3) is 5.91 Å². The van der Waals surface area contributed by atoms with Crippen LogP contribution >= 0.6 is 11.6 Å². The molecule has 0 bridgehead atoms. The number of esters is 1. The summed E-state index contributed by atoms with van der Waals surface area (Å²) in [6.07, 6.45) is -1.03. The average Bonchev–Trinajstić information content (AvgIpc) is 2.40. The number of ether oxygens (including phenoxy) is 3. The summed E-state index contributed by atoms with van der Waals surface area (Å²) < 4.78 is 15.3. The maximum atomic E-state index is 11.9. The first-order chi connectivity index (χ1) is 9.40.